The summed E-state index contributed by atoms with van der Waals surface area (Å²) in [6.45, 7) is 3.94. The summed E-state index contributed by atoms with van der Waals surface area (Å²) < 4.78 is 4.77. The van der Waals surface area contributed by atoms with Crippen molar-refractivity contribution in [3.05, 3.63) is 63.5 Å². The van der Waals surface area contributed by atoms with E-state index in [1.807, 2.05) is 55.6 Å². The standard InChI is InChI=1S/C21H22N2O3S/c1-13-15-7-4-5-8-17(15)22-14(2)16(13)11-20(24)23-18(12-21(25)26-3)19-9-6-10-27-19/h4-10,18H,11-12H2,1-3H3,(H,23,24). The summed E-state index contributed by atoms with van der Waals surface area (Å²) in [6.07, 6.45) is 0.329. The van der Waals surface area contributed by atoms with E-state index in [9.17, 15) is 9.59 Å². The molecule has 1 amide bonds. The van der Waals surface area contributed by atoms with Gasteiger partial charge in [-0.3, -0.25) is 14.6 Å². The van der Waals surface area contributed by atoms with E-state index in [2.05, 4.69) is 10.3 Å². The lowest BCUT2D eigenvalue weighted by atomic mass is 9.99. The van der Waals surface area contributed by atoms with Crippen LogP contribution in [-0.4, -0.2) is 24.0 Å². The number of para-hydroxylation sites is 1. The Hall–Kier alpha value is -2.73. The number of pyridine rings is 1. The number of benzene rings is 1. The minimum atomic E-state index is -0.390. The Labute approximate surface area is 162 Å². The topological polar surface area (TPSA) is 68.3 Å². The zero-order valence-corrected chi connectivity index (χ0v) is 16.4. The first-order chi connectivity index (χ1) is 13.0. The van der Waals surface area contributed by atoms with Crippen molar-refractivity contribution in [2.75, 3.05) is 7.11 Å². The van der Waals surface area contributed by atoms with Gasteiger partial charge in [0.2, 0.25) is 5.91 Å². The molecule has 1 unspecified atom stereocenters. The normalized spacial score (nSPS) is 12.0. The largest absolute Gasteiger partial charge is 0.469 e. The van der Waals surface area contributed by atoms with E-state index in [1.54, 1.807) is 0 Å². The maximum absolute atomic E-state index is 12.7. The number of esters is 1. The molecule has 0 aliphatic carbocycles. The molecule has 2 aromatic heterocycles. The van der Waals surface area contributed by atoms with Crippen LogP contribution >= 0.6 is 11.3 Å². The van der Waals surface area contributed by atoms with Gasteiger partial charge in [-0.25, -0.2) is 0 Å². The first-order valence-electron chi connectivity index (χ1n) is 8.74. The molecule has 0 spiro atoms. The van der Waals surface area contributed by atoms with Gasteiger partial charge in [-0.05, 0) is 42.5 Å². The minimum absolute atomic E-state index is 0.108. The quantitative estimate of drug-likeness (QED) is 0.657. The number of hydrogen-bond donors (Lipinski definition) is 1. The van der Waals surface area contributed by atoms with Gasteiger partial charge < -0.3 is 10.1 Å². The summed E-state index contributed by atoms with van der Waals surface area (Å²) >= 11 is 1.51. The summed E-state index contributed by atoms with van der Waals surface area (Å²) in [5, 5.41) is 5.95. The number of aromatic nitrogens is 1. The summed E-state index contributed by atoms with van der Waals surface area (Å²) in [4.78, 5) is 30.0. The van der Waals surface area contributed by atoms with Gasteiger partial charge in [-0.1, -0.05) is 24.3 Å². The number of methoxy groups -OCH3 is 1. The van der Waals surface area contributed by atoms with E-state index in [4.69, 9.17) is 4.74 Å². The predicted molar refractivity (Wildman–Crippen MR) is 107 cm³/mol. The molecule has 1 atom stereocenters. The van der Waals surface area contributed by atoms with Crippen molar-refractivity contribution in [3.8, 4) is 0 Å². The molecule has 140 valence electrons. The van der Waals surface area contributed by atoms with Crippen molar-refractivity contribution in [2.24, 2.45) is 0 Å². The highest BCUT2D eigenvalue weighted by molar-refractivity contribution is 7.10. The second-order valence-corrected chi connectivity index (χ2v) is 7.39. The molecular weight excluding hydrogens is 360 g/mol. The first-order valence-corrected chi connectivity index (χ1v) is 9.62. The van der Waals surface area contributed by atoms with Gasteiger partial charge >= 0.3 is 5.97 Å². The van der Waals surface area contributed by atoms with Crippen molar-refractivity contribution < 1.29 is 14.3 Å². The van der Waals surface area contributed by atoms with Gasteiger partial charge in [0, 0.05) is 16.0 Å². The number of thiophene rings is 1. The lowest BCUT2D eigenvalue weighted by Crippen LogP contribution is -2.31. The van der Waals surface area contributed by atoms with E-state index in [-0.39, 0.29) is 30.8 Å². The number of rotatable bonds is 6. The molecule has 5 nitrogen and oxygen atoms in total. The number of aryl methyl sites for hydroxylation is 2. The van der Waals surface area contributed by atoms with Gasteiger partial charge in [0.15, 0.2) is 0 Å². The molecule has 27 heavy (non-hydrogen) atoms. The van der Waals surface area contributed by atoms with Crippen LogP contribution in [-0.2, 0) is 20.7 Å². The third kappa shape index (κ3) is 4.34. The van der Waals surface area contributed by atoms with Crippen molar-refractivity contribution in [1.82, 2.24) is 10.3 Å². The third-order valence-electron chi connectivity index (χ3n) is 4.64. The maximum atomic E-state index is 12.7. The zero-order chi connectivity index (χ0) is 19.4. The van der Waals surface area contributed by atoms with Crippen LogP contribution in [0.4, 0.5) is 0 Å². The van der Waals surface area contributed by atoms with E-state index in [0.717, 1.165) is 32.6 Å². The molecule has 0 aliphatic heterocycles. The fourth-order valence-corrected chi connectivity index (χ4v) is 3.98. The first kappa shape index (κ1) is 19.0. The summed E-state index contributed by atoms with van der Waals surface area (Å²) in [6, 6.07) is 11.3. The molecule has 0 aliphatic rings. The Morgan fingerprint density at radius 1 is 1.19 bits per heavy atom. The molecule has 0 fully saturated rings. The highest BCUT2D eigenvalue weighted by atomic mass is 32.1. The number of carbonyl (C=O) groups excluding carboxylic acids is 2. The van der Waals surface area contributed by atoms with E-state index in [0.29, 0.717) is 0 Å². The van der Waals surface area contributed by atoms with Gasteiger partial charge in [0.1, 0.15) is 0 Å². The fraction of sp³-hybridized carbons (Fsp3) is 0.286. The number of fused-ring (bicyclic) bond motifs is 1. The molecule has 0 radical (unpaired) electrons. The van der Waals surface area contributed by atoms with E-state index in [1.165, 1.54) is 18.4 Å². The molecule has 1 N–H and O–H groups in total. The number of carbonyl (C=O) groups is 2. The van der Waals surface area contributed by atoms with Gasteiger partial charge in [0.25, 0.3) is 0 Å². The van der Waals surface area contributed by atoms with Crippen molar-refractivity contribution >= 4 is 34.1 Å². The monoisotopic (exact) mass is 382 g/mol. The lowest BCUT2D eigenvalue weighted by Gasteiger charge is -2.18. The summed E-state index contributed by atoms with van der Waals surface area (Å²) in [7, 11) is 1.35. The second-order valence-electron chi connectivity index (χ2n) is 6.41. The van der Waals surface area contributed by atoms with E-state index >= 15 is 0 Å². The Bertz CT molecular complexity index is 967. The lowest BCUT2D eigenvalue weighted by molar-refractivity contribution is -0.141. The fourth-order valence-electron chi connectivity index (χ4n) is 3.20. The smallest absolute Gasteiger partial charge is 0.307 e. The molecule has 6 heteroatoms. The average Bonchev–Trinajstić information content (AvgIpc) is 3.19. The third-order valence-corrected chi connectivity index (χ3v) is 5.63. The number of nitrogens with one attached hydrogen (secondary N) is 1. The van der Waals surface area contributed by atoms with Crippen molar-refractivity contribution in [2.45, 2.75) is 32.7 Å². The molecule has 3 aromatic rings. The average molecular weight is 382 g/mol. The molecule has 0 bridgehead atoms. The zero-order valence-electron chi connectivity index (χ0n) is 15.6. The Balaban J connectivity index is 1.82. The van der Waals surface area contributed by atoms with Crippen LogP contribution in [0.1, 0.15) is 34.2 Å². The van der Waals surface area contributed by atoms with Crippen molar-refractivity contribution in [1.29, 1.82) is 0 Å². The van der Waals surface area contributed by atoms with Crippen molar-refractivity contribution in [3.63, 3.8) is 0 Å². The minimum Gasteiger partial charge on any atom is -0.469 e. The molecule has 2 heterocycles. The van der Waals surface area contributed by atoms with Crippen LogP contribution in [0.25, 0.3) is 10.9 Å². The SMILES string of the molecule is COC(=O)CC(NC(=O)Cc1c(C)nc2ccccc2c1C)c1cccs1. The highest BCUT2D eigenvalue weighted by Gasteiger charge is 2.21. The molecule has 3 rings (SSSR count). The second kappa shape index (κ2) is 8.31. The van der Waals surface area contributed by atoms with Crippen LogP contribution in [0, 0.1) is 13.8 Å². The maximum Gasteiger partial charge on any atom is 0.307 e. The number of ether oxygens (including phenoxy) is 1. The number of hydrogen-bond acceptors (Lipinski definition) is 5. The van der Waals surface area contributed by atoms with E-state index < -0.39 is 0 Å². The Morgan fingerprint density at radius 3 is 2.67 bits per heavy atom. The van der Waals surface area contributed by atoms with Crippen LogP contribution in [0.3, 0.4) is 0 Å². The molecular formula is C21H22N2O3S. The molecule has 0 saturated heterocycles. The Kier molecular flexibility index (Phi) is 5.86. The van der Waals surface area contributed by atoms with Gasteiger partial charge in [-0.15, -0.1) is 11.3 Å². The summed E-state index contributed by atoms with van der Waals surface area (Å²) in [5.74, 6) is -0.492. The Morgan fingerprint density at radius 2 is 1.96 bits per heavy atom. The highest BCUT2D eigenvalue weighted by Crippen LogP contribution is 2.25. The number of amides is 1. The predicted octanol–water partition coefficient (Wildman–Crippen LogP) is 3.88. The van der Waals surface area contributed by atoms with Crippen LogP contribution in [0.15, 0.2) is 41.8 Å². The molecule has 1 aromatic carbocycles. The summed E-state index contributed by atoms with van der Waals surface area (Å²) in [5.41, 5.74) is 3.77. The number of nitrogens with zero attached hydrogens (tertiary/aromatic N) is 1. The van der Waals surface area contributed by atoms with Crippen LogP contribution in [0.5, 0.6) is 0 Å². The van der Waals surface area contributed by atoms with Crippen LogP contribution < -0.4 is 5.32 Å². The van der Waals surface area contributed by atoms with Gasteiger partial charge in [-0.2, -0.15) is 0 Å². The molecule has 0 saturated carbocycles. The van der Waals surface area contributed by atoms with Gasteiger partial charge in [0.05, 0.1) is 31.5 Å². The van der Waals surface area contributed by atoms with Crippen LogP contribution in [0.2, 0.25) is 0 Å².